The molecular formula is C14H19N3O4. The summed E-state index contributed by atoms with van der Waals surface area (Å²) >= 11 is 0. The van der Waals surface area contributed by atoms with Gasteiger partial charge in [-0.25, -0.2) is 4.98 Å². The summed E-state index contributed by atoms with van der Waals surface area (Å²) in [4.78, 5) is 26.0. The maximum absolute atomic E-state index is 11.2. The van der Waals surface area contributed by atoms with Gasteiger partial charge in [0, 0.05) is 17.3 Å². The Morgan fingerprint density at radius 1 is 1.48 bits per heavy atom. The zero-order chi connectivity index (χ0) is 15.5. The van der Waals surface area contributed by atoms with Gasteiger partial charge in [-0.3, -0.25) is 14.9 Å². The third-order valence-corrected chi connectivity index (χ3v) is 3.99. The highest BCUT2D eigenvalue weighted by atomic mass is 16.6. The lowest BCUT2D eigenvalue weighted by Crippen LogP contribution is -2.42. The SMILES string of the molecule is Cc1ccnc(NC2(CC(=O)O)CCCCC2)c1[N+](=O)[O-]. The standard InChI is InChI=1S/C14H19N3O4/c1-10-5-8-15-13(12(10)17(20)21)16-14(9-11(18)19)6-3-2-4-7-14/h5,8H,2-4,6-7,9H2,1H3,(H,15,16)(H,18,19). The third kappa shape index (κ3) is 3.48. The van der Waals surface area contributed by atoms with E-state index in [0.717, 1.165) is 19.3 Å². The van der Waals surface area contributed by atoms with E-state index >= 15 is 0 Å². The fraction of sp³-hybridized carbons (Fsp3) is 0.571. The molecule has 0 atom stereocenters. The molecule has 0 bridgehead atoms. The van der Waals surface area contributed by atoms with Crippen molar-refractivity contribution in [3.05, 3.63) is 27.9 Å². The Hall–Kier alpha value is -2.18. The van der Waals surface area contributed by atoms with Gasteiger partial charge < -0.3 is 10.4 Å². The zero-order valence-electron chi connectivity index (χ0n) is 12.0. The van der Waals surface area contributed by atoms with Gasteiger partial charge in [0.05, 0.1) is 11.3 Å². The van der Waals surface area contributed by atoms with Crippen molar-refractivity contribution < 1.29 is 14.8 Å². The Balaban J connectivity index is 2.35. The summed E-state index contributed by atoms with van der Waals surface area (Å²) in [6.45, 7) is 1.65. The fourth-order valence-corrected chi connectivity index (χ4v) is 2.99. The molecular weight excluding hydrogens is 274 g/mol. The van der Waals surface area contributed by atoms with Crippen LogP contribution in [-0.2, 0) is 4.79 Å². The molecule has 0 amide bonds. The number of nitrogens with one attached hydrogen (secondary N) is 1. The number of aliphatic carboxylic acids is 1. The van der Waals surface area contributed by atoms with Gasteiger partial charge in [-0.1, -0.05) is 19.3 Å². The van der Waals surface area contributed by atoms with Crippen molar-refractivity contribution in [1.82, 2.24) is 4.98 Å². The van der Waals surface area contributed by atoms with Crippen LogP contribution < -0.4 is 5.32 Å². The quantitative estimate of drug-likeness (QED) is 0.638. The summed E-state index contributed by atoms with van der Waals surface area (Å²) in [7, 11) is 0. The Morgan fingerprint density at radius 3 is 2.71 bits per heavy atom. The average Bonchev–Trinajstić information content (AvgIpc) is 2.38. The van der Waals surface area contributed by atoms with Crippen molar-refractivity contribution in [2.75, 3.05) is 5.32 Å². The molecule has 0 spiro atoms. The van der Waals surface area contributed by atoms with Gasteiger partial charge in [0.2, 0.25) is 5.82 Å². The second-order valence-electron chi connectivity index (χ2n) is 5.62. The van der Waals surface area contributed by atoms with Crippen LogP contribution >= 0.6 is 0 Å². The van der Waals surface area contributed by atoms with E-state index in [0.29, 0.717) is 18.4 Å². The summed E-state index contributed by atoms with van der Waals surface area (Å²) in [6, 6.07) is 1.58. The van der Waals surface area contributed by atoms with Crippen LogP contribution in [0.2, 0.25) is 0 Å². The molecule has 21 heavy (non-hydrogen) atoms. The first-order valence-corrected chi connectivity index (χ1v) is 7.03. The molecule has 0 aliphatic heterocycles. The second-order valence-corrected chi connectivity index (χ2v) is 5.62. The van der Waals surface area contributed by atoms with Crippen LogP contribution in [0, 0.1) is 17.0 Å². The summed E-state index contributed by atoms with van der Waals surface area (Å²) < 4.78 is 0. The number of hydrogen-bond acceptors (Lipinski definition) is 5. The first-order chi connectivity index (χ1) is 9.93. The minimum atomic E-state index is -0.903. The van der Waals surface area contributed by atoms with E-state index in [9.17, 15) is 14.9 Å². The normalized spacial score (nSPS) is 17.2. The Morgan fingerprint density at radius 2 is 2.14 bits per heavy atom. The fourth-order valence-electron chi connectivity index (χ4n) is 2.99. The van der Waals surface area contributed by atoms with E-state index in [1.807, 2.05) is 0 Å². The lowest BCUT2D eigenvalue weighted by molar-refractivity contribution is -0.384. The Kier molecular flexibility index (Phi) is 4.40. The van der Waals surface area contributed by atoms with Crippen LogP contribution in [0.3, 0.4) is 0 Å². The van der Waals surface area contributed by atoms with Gasteiger partial charge in [0.15, 0.2) is 0 Å². The van der Waals surface area contributed by atoms with E-state index in [1.165, 1.54) is 6.20 Å². The number of aromatic nitrogens is 1. The van der Waals surface area contributed by atoms with E-state index in [1.54, 1.807) is 13.0 Å². The Labute approximate surface area is 122 Å². The molecule has 2 rings (SSSR count). The first kappa shape index (κ1) is 15.2. The zero-order valence-corrected chi connectivity index (χ0v) is 12.0. The molecule has 1 aromatic rings. The summed E-state index contributed by atoms with van der Waals surface area (Å²) in [6.07, 6.45) is 5.71. The van der Waals surface area contributed by atoms with E-state index in [2.05, 4.69) is 10.3 Å². The third-order valence-electron chi connectivity index (χ3n) is 3.99. The van der Waals surface area contributed by atoms with Crippen LogP contribution in [0.25, 0.3) is 0 Å². The van der Waals surface area contributed by atoms with Crippen LogP contribution in [0.15, 0.2) is 12.3 Å². The highest BCUT2D eigenvalue weighted by molar-refractivity contribution is 5.70. The van der Waals surface area contributed by atoms with E-state index in [4.69, 9.17) is 5.11 Å². The number of rotatable bonds is 5. The number of nitro groups is 1. The number of carbonyl (C=O) groups is 1. The molecule has 1 fully saturated rings. The monoisotopic (exact) mass is 293 g/mol. The topological polar surface area (TPSA) is 105 Å². The van der Waals surface area contributed by atoms with E-state index < -0.39 is 16.4 Å². The highest BCUT2D eigenvalue weighted by Gasteiger charge is 2.36. The predicted octanol–water partition coefficient (Wildman–Crippen LogP) is 2.89. The molecule has 0 radical (unpaired) electrons. The average molecular weight is 293 g/mol. The second kappa shape index (κ2) is 6.07. The lowest BCUT2D eigenvalue weighted by Gasteiger charge is -2.37. The number of hydrogen-bond donors (Lipinski definition) is 2. The number of pyridine rings is 1. The molecule has 0 aromatic carbocycles. The van der Waals surface area contributed by atoms with Crippen molar-refractivity contribution in [3.63, 3.8) is 0 Å². The van der Waals surface area contributed by atoms with Crippen molar-refractivity contribution in [1.29, 1.82) is 0 Å². The van der Waals surface area contributed by atoms with E-state index in [-0.39, 0.29) is 17.9 Å². The molecule has 1 aliphatic rings. The lowest BCUT2D eigenvalue weighted by atomic mass is 9.79. The highest BCUT2D eigenvalue weighted by Crippen LogP contribution is 2.37. The molecule has 1 heterocycles. The van der Waals surface area contributed by atoms with Gasteiger partial charge in [0.1, 0.15) is 0 Å². The van der Waals surface area contributed by atoms with Crippen LogP contribution in [0.4, 0.5) is 11.5 Å². The molecule has 0 unspecified atom stereocenters. The van der Waals surface area contributed by atoms with Crippen molar-refractivity contribution in [2.24, 2.45) is 0 Å². The molecule has 1 aromatic heterocycles. The largest absolute Gasteiger partial charge is 0.481 e. The Bertz CT molecular complexity index is 553. The van der Waals surface area contributed by atoms with Gasteiger partial charge in [-0.2, -0.15) is 0 Å². The molecule has 7 nitrogen and oxygen atoms in total. The minimum absolute atomic E-state index is 0.0558. The first-order valence-electron chi connectivity index (χ1n) is 7.03. The van der Waals surface area contributed by atoms with Gasteiger partial charge in [-0.15, -0.1) is 0 Å². The van der Waals surface area contributed by atoms with Crippen LogP contribution in [0.5, 0.6) is 0 Å². The van der Waals surface area contributed by atoms with Crippen molar-refractivity contribution in [3.8, 4) is 0 Å². The molecule has 7 heteroatoms. The summed E-state index contributed by atoms with van der Waals surface area (Å²) in [5.41, 5.74) is -0.207. The number of carboxylic acid groups (broad SMARTS) is 1. The molecule has 1 aliphatic carbocycles. The number of nitrogens with zero attached hydrogens (tertiary/aromatic N) is 2. The van der Waals surface area contributed by atoms with Gasteiger partial charge in [-0.05, 0) is 25.8 Å². The van der Waals surface area contributed by atoms with Crippen LogP contribution in [-0.4, -0.2) is 26.5 Å². The maximum atomic E-state index is 11.2. The molecule has 1 saturated carbocycles. The molecule has 114 valence electrons. The number of anilines is 1. The smallest absolute Gasteiger partial charge is 0.314 e. The molecule has 2 N–H and O–H groups in total. The number of aryl methyl sites for hydroxylation is 1. The number of carboxylic acids is 1. The van der Waals surface area contributed by atoms with Gasteiger partial charge in [0.25, 0.3) is 0 Å². The summed E-state index contributed by atoms with van der Waals surface area (Å²) in [5, 5.41) is 23.5. The minimum Gasteiger partial charge on any atom is -0.481 e. The predicted molar refractivity (Wildman–Crippen MR) is 77.3 cm³/mol. The van der Waals surface area contributed by atoms with Crippen LogP contribution in [0.1, 0.15) is 44.1 Å². The van der Waals surface area contributed by atoms with Crippen molar-refractivity contribution in [2.45, 2.75) is 51.0 Å². The van der Waals surface area contributed by atoms with Gasteiger partial charge >= 0.3 is 11.7 Å². The summed E-state index contributed by atoms with van der Waals surface area (Å²) in [5.74, 6) is -0.733. The van der Waals surface area contributed by atoms with Crippen molar-refractivity contribution >= 4 is 17.5 Å². The molecule has 0 saturated heterocycles. The maximum Gasteiger partial charge on any atom is 0.314 e.